The number of aromatic nitrogens is 2. The van der Waals surface area contributed by atoms with Crippen molar-refractivity contribution in [1.82, 2.24) is 9.78 Å². The van der Waals surface area contributed by atoms with Crippen molar-refractivity contribution in [2.45, 2.75) is 0 Å². The van der Waals surface area contributed by atoms with Gasteiger partial charge in [0.15, 0.2) is 5.69 Å². The van der Waals surface area contributed by atoms with Crippen LogP contribution in [0.15, 0.2) is 53.3 Å². The molecule has 0 bridgehead atoms. The van der Waals surface area contributed by atoms with Gasteiger partial charge >= 0.3 is 5.97 Å². The summed E-state index contributed by atoms with van der Waals surface area (Å²) in [6.07, 6.45) is 2.77. The van der Waals surface area contributed by atoms with Crippen molar-refractivity contribution in [2.24, 2.45) is 0 Å². The van der Waals surface area contributed by atoms with E-state index in [1.54, 1.807) is 6.07 Å². The van der Waals surface area contributed by atoms with E-state index in [1.807, 2.05) is 0 Å². The fourth-order valence-corrected chi connectivity index (χ4v) is 2.60. The summed E-state index contributed by atoms with van der Waals surface area (Å²) in [4.78, 5) is 24.4. The molecule has 0 radical (unpaired) electrons. The maximum atomic E-state index is 13.0. The maximum absolute atomic E-state index is 13.0. The molecule has 1 N–H and O–H groups in total. The molecule has 1 aromatic heterocycles. The summed E-state index contributed by atoms with van der Waals surface area (Å²) in [5.74, 6) is -1.83. The molecule has 0 unspecified atom stereocenters. The smallest absolute Gasteiger partial charge is 0.357 e. The zero-order chi connectivity index (χ0) is 20.3. The first-order valence-electron chi connectivity index (χ1n) is 7.91. The molecule has 3 rings (SSSR count). The van der Waals surface area contributed by atoms with E-state index in [0.29, 0.717) is 10.6 Å². The zero-order valence-corrected chi connectivity index (χ0v) is 14.9. The summed E-state index contributed by atoms with van der Waals surface area (Å²) >= 11 is 5.83. The molecule has 0 aliphatic rings. The second kappa shape index (κ2) is 7.86. The van der Waals surface area contributed by atoms with Gasteiger partial charge < -0.3 is 5.11 Å². The molecule has 0 aliphatic heterocycles. The molecule has 0 fully saturated rings. The van der Waals surface area contributed by atoms with Crippen LogP contribution in [0.1, 0.15) is 27.2 Å². The summed E-state index contributed by atoms with van der Waals surface area (Å²) in [5, 5.41) is 23.3. The lowest BCUT2D eigenvalue weighted by Gasteiger charge is -2.09. The van der Waals surface area contributed by atoms with E-state index in [1.165, 1.54) is 60.7 Å². The zero-order valence-electron chi connectivity index (χ0n) is 14.1. The highest BCUT2D eigenvalue weighted by atomic mass is 35.5. The number of carbonyl (C=O) groups is 1. The molecule has 8 heteroatoms. The second-order valence-electron chi connectivity index (χ2n) is 5.63. The number of aromatic carboxylic acids is 1. The minimum absolute atomic E-state index is 0.130. The van der Waals surface area contributed by atoms with Gasteiger partial charge in [-0.2, -0.15) is 15.0 Å². The highest BCUT2D eigenvalue weighted by molar-refractivity contribution is 6.30. The van der Waals surface area contributed by atoms with Crippen LogP contribution in [-0.2, 0) is 0 Å². The molecule has 0 saturated carbocycles. The Morgan fingerprint density at radius 1 is 1.14 bits per heavy atom. The summed E-state index contributed by atoms with van der Waals surface area (Å²) in [6, 6.07) is 13.2. The van der Waals surface area contributed by atoms with Gasteiger partial charge in [0.2, 0.25) is 0 Å². The fourth-order valence-electron chi connectivity index (χ4n) is 2.48. The minimum atomic E-state index is -1.40. The second-order valence-corrected chi connectivity index (χ2v) is 6.07. The van der Waals surface area contributed by atoms with Gasteiger partial charge in [-0.1, -0.05) is 35.9 Å². The van der Waals surface area contributed by atoms with Crippen LogP contribution in [0.2, 0.25) is 5.02 Å². The average molecular weight is 396 g/mol. The Balaban J connectivity index is 2.20. The minimum Gasteiger partial charge on any atom is -0.476 e. The molecule has 1 heterocycles. The number of carboxylic acid groups (broad SMARTS) is 1. The van der Waals surface area contributed by atoms with Crippen molar-refractivity contribution in [3.8, 4) is 11.8 Å². The number of carboxylic acids is 1. The van der Waals surface area contributed by atoms with Gasteiger partial charge in [-0.3, -0.25) is 4.79 Å². The molecule has 3 aromatic rings. The predicted molar refractivity (Wildman–Crippen MR) is 102 cm³/mol. The first-order chi connectivity index (χ1) is 13.4. The van der Waals surface area contributed by atoms with Gasteiger partial charge in [0.1, 0.15) is 17.4 Å². The quantitative estimate of drug-likeness (QED) is 0.725. The summed E-state index contributed by atoms with van der Waals surface area (Å²) in [7, 11) is 0. The summed E-state index contributed by atoms with van der Waals surface area (Å²) in [5.41, 5.74) is -0.917. The number of hydrogen-bond donors (Lipinski definition) is 1. The van der Waals surface area contributed by atoms with Crippen molar-refractivity contribution in [3.05, 3.63) is 92.1 Å². The lowest BCUT2D eigenvalue weighted by Crippen LogP contribution is -2.28. The largest absolute Gasteiger partial charge is 0.476 e. The monoisotopic (exact) mass is 395 g/mol. The van der Waals surface area contributed by atoms with E-state index >= 15 is 0 Å². The van der Waals surface area contributed by atoms with E-state index in [4.69, 9.17) is 11.6 Å². The van der Waals surface area contributed by atoms with E-state index < -0.39 is 23.0 Å². The molecule has 0 saturated heterocycles. The SMILES string of the molecule is N#Cc1c(/C=C\c2ccc(F)cc2)c(C(=O)O)nn(-c2ccc(Cl)cc2)c1=O. The van der Waals surface area contributed by atoms with Crippen molar-refractivity contribution in [3.63, 3.8) is 0 Å². The summed E-state index contributed by atoms with van der Waals surface area (Å²) < 4.78 is 13.9. The molecule has 0 aliphatic carbocycles. The lowest BCUT2D eigenvalue weighted by atomic mass is 10.1. The Morgan fingerprint density at radius 2 is 1.79 bits per heavy atom. The van der Waals surface area contributed by atoms with Crippen molar-refractivity contribution >= 4 is 29.7 Å². The number of rotatable bonds is 4. The van der Waals surface area contributed by atoms with Crippen LogP contribution in [0.5, 0.6) is 0 Å². The lowest BCUT2D eigenvalue weighted by molar-refractivity contribution is 0.0688. The standard InChI is InChI=1S/C20H11ClFN3O3/c21-13-4-8-15(9-5-13)25-19(26)17(11-23)16(18(24-25)20(27)28)10-3-12-1-6-14(22)7-2-12/h1-10H,(H,27,28)/b10-3-. The van der Waals surface area contributed by atoms with E-state index in [0.717, 1.165) is 4.68 Å². The Hall–Kier alpha value is -3.76. The molecule has 6 nitrogen and oxygen atoms in total. The number of nitriles is 1. The van der Waals surface area contributed by atoms with E-state index in [-0.39, 0.29) is 16.8 Å². The molecule has 0 atom stereocenters. The molecule has 138 valence electrons. The average Bonchev–Trinajstić information content (AvgIpc) is 2.68. The van der Waals surface area contributed by atoms with Crippen molar-refractivity contribution in [1.29, 1.82) is 5.26 Å². The van der Waals surface area contributed by atoms with Crippen molar-refractivity contribution < 1.29 is 14.3 Å². The Morgan fingerprint density at radius 3 is 2.36 bits per heavy atom. The third kappa shape index (κ3) is 3.82. The third-order valence-corrected chi connectivity index (χ3v) is 4.08. The van der Waals surface area contributed by atoms with Gasteiger partial charge in [-0.15, -0.1) is 0 Å². The molecular formula is C20H11ClFN3O3. The van der Waals surface area contributed by atoms with Gasteiger partial charge in [0, 0.05) is 10.6 Å². The number of halogens is 2. The van der Waals surface area contributed by atoms with Crippen LogP contribution in [0.25, 0.3) is 17.8 Å². The first-order valence-corrected chi connectivity index (χ1v) is 8.29. The highest BCUT2D eigenvalue weighted by Gasteiger charge is 2.21. The Kier molecular flexibility index (Phi) is 5.34. The third-order valence-electron chi connectivity index (χ3n) is 3.83. The van der Waals surface area contributed by atoms with E-state index in [9.17, 15) is 24.3 Å². The Bertz CT molecular complexity index is 1180. The first kappa shape index (κ1) is 19.0. The maximum Gasteiger partial charge on any atom is 0.357 e. The number of hydrogen-bond acceptors (Lipinski definition) is 4. The van der Waals surface area contributed by atoms with Crippen LogP contribution >= 0.6 is 11.6 Å². The summed E-state index contributed by atoms with van der Waals surface area (Å²) in [6.45, 7) is 0. The van der Waals surface area contributed by atoms with Crippen molar-refractivity contribution in [2.75, 3.05) is 0 Å². The van der Waals surface area contributed by atoms with Crippen LogP contribution in [-0.4, -0.2) is 20.9 Å². The number of benzene rings is 2. The molecule has 2 aromatic carbocycles. The van der Waals surface area contributed by atoms with E-state index in [2.05, 4.69) is 5.10 Å². The van der Waals surface area contributed by atoms with Gasteiger partial charge in [0.25, 0.3) is 5.56 Å². The fraction of sp³-hybridized carbons (Fsp3) is 0. The number of nitrogens with zero attached hydrogens (tertiary/aromatic N) is 3. The normalized spacial score (nSPS) is 10.8. The Labute approximate surface area is 163 Å². The van der Waals surface area contributed by atoms with Gasteiger partial charge in [0.05, 0.1) is 5.69 Å². The van der Waals surface area contributed by atoms with Crippen LogP contribution in [0.3, 0.4) is 0 Å². The van der Waals surface area contributed by atoms with Gasteiger partial charge in [-0.05, 0) is 42.0 Å². The van der Waals surface area contributed by atoms with Gasteiger partial charge in [-0.25, -0.2) is 9.18 Å². The molecule has 0 amide bonds. The van der Waals surface area contributed by atoms with Crippen LogP contribution in [0.4, 0.5) is 4.39 Å². The topological polar surface area (TPSA) is 96.0 Å². The predicted octanol–water partition coefficient (Wildman–Crippen LogP) is 3.77. The molecule has 28 heavy (non-hydrogen) atoms. The van der Waals surface area contributed by atoms with Crippen LogP contribution < -0.4 is 5.56 Å². The van der Waals surface area contributed by atoms with Crippen LogP contribution in [0, 0.1) is 17.1 Å². The molecule has 0 spiro atoms. The highest BCUT2D eigenvalue weighted by Crippen LogP contribution is 2.17. The molecular weight excluding hydrogens is 385 g/mol.